The normalized spacial score (nSPS) is 12.9. The lowest BCUT2D eigenvalue weighted by molar-refractivity contribution is -0.145. The maximum absolute atomic E-state index is 12.9. The smallest absolute Gasteiger partial charge is 0.408 e. The second-order valence-corrected chi connectivity index (χ2v) is 9.20. The molecule has 9 nitrogen and oxygen atoms in total. The Morgan fingerprint density at radius 1 is 0.970 bits per heavy atom. The number of amides is 3. The summed E-state index contributed by atoms with van der Waals surface area (Å²) < 4.78 is 10.0. The number of rotatable bonds is 11. The topological polar surface area (TPSA) is 123 Å². The van der Waals surface area contributed by atoms with Crippen molar-refractivity contribution in [2.24, 2.45) is 5.92 Å². The Morgan fingerprint density at radius 3 is 2.15 bits per heavy atom. The second kappa shape index (κ2) is 13.4. The minimum absolute atomic E-state index is 0.0879. The van der Waals surface area contributed by atoms with Crippen LogP contribution in [0.1, 0.15) is 53.0 Å². The summed E-state index contributed by atoms with van der Waals surface area (Å²) in [5.41, 5.74) is 0.303. The Labute approximate surface area is 196 Å². The molecule has 0 radical (unpaired) electrons. The molecule has 0 aliphatic heterocycles. The third-order valence-electron chi connectivity index (χ3n) is 4.50. The van der Waals surface area contributed by atoms with Crippen LogP contribution in [0.4, 0.5) is 4.79 Å². The van der Waals surface area contributed by atoms with Gasteiger partial charge in [0.05, 0.1) is 7.11 Å². The maximum Gasteiger partial charge on any atom is 0.408 e. The molecule has 0 saturated carbocycles. The molecular formula is C24H37N3O6. The number of alkyl carbamates (subject to hydrolysis) is 1. The van der Waals surface area contributed by atoms with Gasteiger partial charge in [-0.3, -0.25) is 9.59 Å². The van der Waals surface area contributed by atoms with E-state index in [2.05, 4.69) is 16.0 Å². The molecule has 0 unspecified atom stereocenters. The van der Waals surface area contributed by atoms with E-state index in [1.165, 1.54) is 7.11 Å². The summed E-state index contributed by atoms with van der Waals surface area (Å²) in [6.07, 6.45) is 0.398. The van der Waals surface area contributed by atoms with E-state index < -0.39 is 35.7 Å². The van der Waals surface area contributed by atoms with Crippen LogP contribution < -0.4 is 16.0 Å². The largest absolute Gasteiger partial charge is 0.467 e. The number of methoxy groups -OCH3 is 1. The van der Waals surface area contributed by atoms with Crippen LogP contribution in [0.5, 0.6) is 0 Å². The van der Waals surface area contributed by atoms with Gasteiger partial charge in [-0.1, -0.05) is 44.2 Å². The van der Waals surface area contributed by atoms with Gasteiger partial charge in [0.2, 0.25) is 11.8 Å². The second-order valence-electron chi connectivity index (χ2n) is 9.20. The van der Waals surface area contributed by atoms with E-state index in [0.29, 0.717) is 12.8 Å². The van der Waals surface area contributed by atoms with Gasteiger partial charge >= 0.3 is 12.1 Å². The summed E-state index contributed by atoms with van der Waals surface area (Å²) in [5.74, 6) is -1.44. The number of hydrogen-bond acceptors (Lipinski definition) is 6. The van der Waals surface area contributed by atoms with Crippen molar-refractivity contribution in [1.82, 2.24) is 16.0 Å². The lowest BCUT2D eigenvalue weighted by atomic mass is 10.0. The van der Waals surface area contributed by atoms with Crippen molar-refractivity contribution >= 4 is 23.9 Å². The third kappa shape index (κ3) is 11.9. The zero-order valence-corrected chi connectivity index (χ0v) is 20.4. The molecule has 0 aliphatic rings. The highest BCUT2D eigenvalue weighted by Crippen LogP contribution is 2.10. The number of carbonyl (C=O) groups excluding carboxylic acids is 4. The average Bonchev–Trinajstić information content (AvgIpc) is 2.73. The molecule has 1 aromatic carbocycles. The van der Waals surface area contributed by atoms with Crippen molar-refractivity contribution in [2.45, 2.75) is 71.6 Å². The van der Waals surface area contributed by atoms with Crippen molar-refractivity contribution < 1.29 is 28.7 Å². The van der Waals surface area contributed by atoms with E-state index >= 15 is 0 Å². The van der Waals surface area contributed by atoms with Gasteiger partial charge in [-0.25, -0.2) is 9.59 Å². The number of esters is 1. The van der Waals surface area contributed by atoms with Crippen LogP contribution in [0.3, 0.4) is 0 Å². The molecule has 0 bridgehead atoms. The van der Waals surface area contributed by atoms with Gasteiger partial charge in [0.15, 0.2) is 0 Å². The van der Waals surface area contributed by atoms with E-state index in [4.69, 9.17) is 9.47 Å². The first-order chi connectivity index (χ1) is 15.4. The number of hydrogen-bond donors (Lipinski definition) is 3. The zero-order valence-electron chi connectivity index (χ0n) is 20.4. The molecule has 3 amide bonds. The summed E-state index contributed by atoms with van der Waals surface area (Å²) in [6, 6.07) is 7.54. The van der Waals surface area contributed by atoms with Gasteiger partial charge in [0.1, 0.15) is 17.7 Å². The molecule has 0 aromatic heterocycles. The molecule has 0 fully saturated rings. The summed E-state index contributed by atoms with van der Waals surface area (Å²) in [4.78, 5) is 49.5. The predicted octanol–water partition coefficient (Wildman–Crippen LogP) is 2.33. The number of benzene rings is 1. The summed E-state index contributed by atoms with van der Waals surface area (Å²) >= 11 is 0. The molecule has 184 valence electrons. The van der Waals surface area contributed by atoms with Gasteiger partial charge in [-0.2, -0.15) is 0 Å². The number of carbonyl (C=O) groups is 4. The first-order valence-electron chi connectivity index (χ1n) is 11.1. The van der Waals surface area contributed by atoms with Crippen LogP contribution in [0.15, 0.2) is 30.3 Å². The fourth-order valence-corrected chi connectivity index (χ4v) is 2.97. The highest BCUT2D eigenvalue weighted by atomic mass is 16.6. The van der Waals surface area contributed by atoms with Gasteiger partial charge in [-0.05, 0) is 45.1 Å². The van der Waals surface area contributed by atoms with Crippen LogP contribution >= 0.6 is 0 Å². The van der Waals surface area contributed by atoms with Gasteiger partial charge < -0.3 is 25.4 Å². The van der Waals surface area contributed by atoms with Crippen molar-refractivity contribution in [1.29, 1.82) is 0 Å². The Hall–Kier alpha value is -3.10. The van der Waals surface area contributed by atoms with Crippen LogP contribution in [0.25, 0.3) is 0 Å². The number of nitrogens with one attached hydrogen (secondary N) is 3. The van der Waals surface area contributed by atoms with E-state index in [-0.39, 0.29) is 24.8 Å². The summed E-state index contributed by atoms with van der Waals surface area (Å²) in [5, 5.41) is 7.79. The molecule has 0 spiro atoms. The highest BCUT2D eigenvalue weighted by Gasteiger charge is 2.29. The molecule has 2 atom stereocenters. The molecule has 1 rings (SSSR count). The maximum atomic E-state index is 12.9. The average molecular weight is 464 g/mol. The first kappa shape index (κ1) is 27.9. The summed E-state index contributed by atoms with van der Waals surface area (Å²) in [7, 11) is 1.20. The zero-order chi connectivity index (χ0) is 25.0. The molecular weight excluding hydrogens is 426 g/mol. The summed E-state index contributed by atoms with van der Waals surface area (Å²) in [6.45, 7) is 8.84. The van der Waals surface area contributed by atoms with E-state index in [1.54, 1.807) is 20.8 Å². The molecule has 0 saturated heterocycles. The van der Waals surface area contributed by atoms with E-state index in [0.717, 1.165) is 5.56 Å². The van der Waals surface area contributed by atoms with Crippen molar-refractivity contribution in [3.8, 4) is 0 Å². The van der Waals surface area contributed by atoms with Crippen molar-refractivity contribution in [3.63, 3.8) is 0 Å². The predicted molar refractivity (Wildman–Crippen MR) is 124 cm³/mol. The third-order valence-corrected chi connectivity index (χ3v) is 4.50. The van der Waals surface area contributed by atoms with Crippen LogP contribution in [-0.2, 0) is 30.3 Å². The molecule has 9 heteroatoms. The Kier molecular flexibility index (Phi) is 11.4. The van der Waals surface area contributed by atoms with Gasteiger partial charge in [0, 0.05) is 13.0 Å². The lowest BCUT2D eigenvalue weighted by Crippen LogP contribution is -2.55. The van der Waals surface area contributed by atoms with E-state index in [9.17, 15) is 19.2 Å². The molecule has 33 heavy (non-hydrogen) atoms. The SMILES string of the molecule is COC(=O)[C@H](CNC(=O)CCc1ccccc1)NC(=O)[C@H](CC(C)C)NC(=O)OC(C)(C)C. The van der Waals surface area contributed by atoms with Crippen molar-refractivity contribution in [3.05, 3.63) is 35.9 Å². The molecule has 1 aromatic rings. The first-order valence-corrected chi connectivity index (χ1v) is 11.1. The molecule has 3 N–H and O–H groups in total. The highest BCUT2D eigenvalue weighted by molar-refractivity contribution is 5.90. The van der Waals surface area contributed by atoms with E-state index in [1.807, 2.05) is 44.2 Å². The Balaban J connectivity index is 2.72. The van der Waals surface area contributed by atoms with Crippen LogP contribution in [-0.4, -0.2) is 55.2 Å². The standard InChI is InChI=1S/C24H37N3O6/c1-16(2)14-18(27-23(31)33-24(3,4)5)21(29)26-19(22(30)32-6)15-25-20(28)13-12-17-10-8-7-9-11-17/h7-11,16,18-19H,12-15H2,1-6H3,(H,25,28)(H,26,29)(H,27,31)/t18-,19-/m0/s1. The minimum atomic E-state index is -1.10. The Bertz CT molecular complexity index is 789. The minimum Gasteiger partial charge on any atom is -0.467 e. The fourth-order valence-electron chi connectivity index (χ4n) is 2.97. The monoisotopic (exact) mass is 463 g/mol. The fraction of sp³-hybridized carbons (Fsp3) is 0.583. The van der Waals surface area contributed by atoms with Crippen LogP contribution in [0, 0.1) is 5.92 Å². The molecule has 0 heterocycles. The molecule has 0 aliphatic carbocycles. The van der Waals surface area contributed by atoms with Gasteiger partial charge in [-0.15, -0.1) is 0 Å². The van der Waals surface area contributed by atoms with Gasteiger partial charge in [0.25, 0.3) is 0 Å². The number of aryl methyl sites for hydroxylation is 1. The lowest BCUT2D eigenvalue weighted by Gasteiger charge is -2.25. The quantitative estimate of drug-likeness (QED) is 0.433. The van der Waals surface area contributed by atoms with Crippen molar-refractivity contribution in [2.75, 3.05) is 13.7 Å². The Morgan fingerprint density at radius 2 is 1.61 bits per heavy atom. The van der Waals surface area contributed by atoms with Crippen LogP contribution in [0.2, 0.25) is 0 Å². The number of ether oxygens (including phenoxy) is 2.